The van der Waals surface area contributed by atoms with Crippen molar-refractivity contribution in [2.75, 3.05) is 7.11 Å². The molecule has 0 aliphatic heterocycles. The summed E-state index contributed by atoms with van der Waals surface area (Å²) < 4.78 is 4.55. The number of ether oxygens (including phenoxy) is 1. The smallest absolute Gasteiger partial charge is 0.317 e. The molecule has 0 amide bonds. The average molecular weight is 264 g/mol. The average Bonchev–Trinajstić information content (AvgIpc) is 2.82. The third-order valence-electron chi connectivity index (χ3n) is 2.71. The number of hydrogen-bond donors (Lipinski definition) is 0. The van der Waals surface area contributed by atoms with Crippen LogP contribution in [-0.2, 0) is 16.0 Å². The van der Waals surface area contributed by atoms with Crippen molar-refractivity contribution in [3.05, 3.63) is 21.9 Å². The summed E-state index contributed by atoms with van der Waals surface area (Å²) in [7, 11) is 1.38. The molecule has 0 radical (unpaired) electrons. The molecular formula is C15H20O2S. The minimum Gasteiger partial charge on any atom is -0.468 e. The Bertz CT molecular complexity index is 423. The lowest BCUT2D eigenvalue weighted by Crippen LogP contribution is -1.97. The van der Waals surface area contributed by atoms with Gasteiger partial charge < -0.3 is 4.74 Å². The van der Waals surface area contributed by atoms with Crippen molar-refractivity contribution in [2.24, 2.45) is 0 Å². The predicted molar refractivity (Wildman–Crippen MR) is 75.7 cm³/mol. The maximum Gasteiger partial charge on any atom is 0.317 e. The van der Waals surface area contributed by atoms with E-state index in [2.05, 4.69) is 34.9 Å². The molecule has 0 aromatic carbocycles. The van der Waals surface area contributed by atoms with Crippen LogP contribution in [-0.4, -0.2) is 13.1 Å². The topological polar surface area (TPSA) is 26.3 Å². The van der Waals surface area contributed by atoms with Gasteiger partial charge in [-0.25, -0.2) is 0 Å². The molecule has 0 spiro atoms. The molecule has 1 heterocycles. The van der Waals surface area contributed by atoms with Gasteiger partial charge in [-0.1, -0.05) is 38.0 Å². The van der Waals surface area contributed by atoms with E-state index in [1.165, 1.54) is 38.4 Å². The summed E-state index contributed by atoms with van der Waals surface area (Å²) in [6.07, 6.45) is 6.32. The fourth-order valence-electron chi connectivity index (χ4n) is 1.65. The molecule has 0 aliphatic carbocycles. The van der Waals surface area contributed by atoms with E-state index >= 15 is 0 Å². The Morgan fingerprint density at radius 2 is 2.22 bits per heavy atom. The van der Waals surface area contributed by atoms with Crippen LogP contribution in [0.15, 0.2) is 11.4 Å². The Morgan fingerprint density at radius 1 is 1.39 bits per heavy atom. The standard InChI is InChI=1S/C15H20O2S/c1-3-4-5-6-8-13-11-12-18-14(13)9-7-10-15(16)17-2/h11-12H,3-6,8,10H2,1-2H3. The third-order valence-corrected chi connectivity index (χ3v) is 3.58. The number of carbonyl (C=O) groups is 1. The zero-order valence-corrected chi connectivity index (χ0v) is 11.9. The van der Waals surface area contributed by atoms with Crippen molar-refractivity contribution in [3.63, 3.8) is 0 Å². The second-order valence-electron chi connectivity index (χ2n) is 4.14. The van der Waals surface area contributed by atoms with E-state index < -0.39 is 0 Å². The lowest BCUT2D eigenvalue weighted by molar-refractivity contribution is -0.139. The zero-order chi connectivity index (χ0) is 13.2. The first-order chi connectivity index (χ1) is 8.77. The number of unbranched alkanes of at least 4 members (excludes halogenated alkanes) is 3. The minimum atomic E-state index is -0.274. The van der Waals surface area contributed by atoms with Crippen LogP contribution >= 0.6 is 11.3 Å². The van der Waals surface area contributed by atoms with Crippen molar-refractivity contribution < 1.29 is 9.53 Å². The van der Waals surface area contributed by atoms with Gasteiger partial charge in [0.25, 0.3) is 0 Å². The largest absolute Gasteiger partial charge is 0.468 e. The van der Waals surface area contributed by atoms with Crippen LogP contribution in [0.25, 0.3) is 0 Å². The summed E-state index contributed by atoms with van der Waals surface area (Å²) in [5, 5.41) is 2.07. The molecule has 18 heavy (non-hydrogen) atoms. The Labute approximate surface area is 113 Å². The Balaban J connectivity index is 2.46. The van der Waals surface area contributed by atoms with E-state index in [0.29, 0.717) is 0 Å². The molecular weight excluding hydrogens is 244 g/mol. The predicted octanol–water partition coefficient (Wildman–Crippen LogP) is 3.79. The summed E-state index contributed by atoms with van der Waals surface area (Å²) in [6.45, 7) is 2.22. The van der Waals surface area contributed by atoms with E-state index in [1.54, 1.807) is 11.3 Å². The van der Waals surface area contributed by atoms with E-state index in [1.807, 2.05) is 0 Å². The molecule has 0 unspecified atom stereocenters. The van der Waals surface area contributed by atoms with Crippen LogP contribution in [0.2, 0.25) is 0 Å². The fourth-order valence-corrected chi connectivity index (χ4v) is 2.47. The van der Waals surface area contributed by atoms with Crippen LogP contribution in [0.1, 0.15) is 49.5 Å². The number of thiophene rings is 1. The van der Waals surface area contributed by atoms with Gasteiger partial charge in [-0.2, -0.15) is 0 Å². The molecule has 3 heteroatoms. The summed E-state index contributed by atoms with van der Waals surface area (Å²) in [4.78, 5) is 12.0. The van der Waals surface area contributed by atoms with E-state index in [4.69, 9.17) is 0 Å². The van der Waals surface area contributed by atoms with Gasteiger partial charge in [0.05, 0.1) is 12.0 Å². The lowest BCUT2D eigenvalue weighted by atomic mass is 10.1. The second kappa shape index (κ2) is 8.77. The van der Waals surface area contributed by atoms with E-state index in [9.17, 15) is 4.79 Å². The molecule has 1 rings (SSSR count). The number of methoxy groups -OCH3 is 1. The lowest BCUT2D eigenvalue weighted by Gasteiger charge is -1.99. The SMILES string of the molecule is CCCCCCc1ccsc1C#CCC(=O)OC. The second-order valence-corrected chi connectivity index (χ2v) is 5.06. The number of rotatable bonds is 6. The van der Waals surface area contributed by atoms with Gasteiger partial charge >= 0.3 is 5.97 Å². The van der Waals surface area contributed by atoms with Gasteiger partial charge in [0, 0.05) is 0 Å². The van der Waals surface area contributed by atoms with Crippen molar-refractivity contribution >= 4 is 17.3 Å². The van der Waals surface area contributed by atoms with Crippen LogP contribution in [0.3, 0.4) is 0 Å². The van der Waals surface area contributed by atoms with Crippen LogP contribution in [0.4, 0.5) is 0 Å². The summed E-state index contributed by atoms with van der Waals surface area (Å²) >= 11 is 1.65. The molecule has 1 aromatic rings. The zero-order valence-electron chi connectivity index (χ0n) is 11.1. The maximum atomic E-state index is 10.9. The van der Waals surface area contributed by atoms with Gasteiger partial charge in [-0.05, 0) is 29.9 Å². The first-order valence-corrected chi connectivity index (χ1v) is 7.28. The number of hydrogen-bond acceptors (Lipinski definition) is 3. The highest BCUT2D eigenvalue weighted by Crippen LogP contribution is 2.18. The molecule has 1 aromatic heterocycles. The maximum absolute atomic E-state index is 10.9. The van der Waals surface area contributed by atoms with Crippen molar-refractivity contribution in [3.8, 4) is 11.8 Å². The normalized spacial score (nSPS) is 9.67. The Morgan fingerprint density at radius 3 is 2.94 bits per heavy atom. The monoisotopic (exact) mass is 264 g/mol. The van der Waals surface area contributed by atoms with Gasteiger partial charge in [0.2, 0.25) is 0 Å². The van der Waals surface area contributed by atoms with Gasteiger partial charge in [-0.3, -0.25) is 4.79 Å². The Kier molecular flexibility index (Phi) is 7.20. The molecule has 0 saturated carbocycles. The third kappa shape index (κ3) is 5.37. The van der Waals surface area contributed by atoms with Crippen molar-refractivity contribution in [1.82, 2.24) is 0 Å². The van der Waals surface area contributed by atoms with Gasteiger partial charge in [-0.15, -0.1) is 11.3 Å². The number of carbonyl (C=O) groups excluding carboxylic acids is 1. The van der Waals surface area contributed by atoms with Crippen LogP contribution in [0.5, 0.6) is 0 Å². The molecule has 0 fully saturated rings. The molecule has 0 aliphatic rings. The quantitative estimate of drug-likeness (QED) is 0.444. The highest BCUT2D eigenvalue weighted by Gasteiger charge is 2.01. The highest BCUT2D eigenvalue weighted by atomic mass is 32.1. The number of aryl methyl sites for hydroxylation is 1. The minimum absolute atomic E-state index is 0.170. The molecule has 0 atom stereocenters. The fraction of sp³-hybridized carbons (Fsp3) is 0.533. The molecule has 0 saturated heterocycles. The highest BCUT2D eigenvalue weighted by molar-refractivity contribution is 7.10. The van der Waals surface area contributed by atoms with Gasteiger partial charge in [0.15, 0.2) is 0 Å². The molecule has 2 nitrogen and oxygen atoms in total. The molecule has 0 N–H and O–H groups in total. The van der Waals surface area contributed by atoms with E-state index in [0.717, 1.165) is 11.3 Å². The van der Waals surface area contributed by atoms with Crippen LogP contribution in [0, 0.1) is 11.8 Å². The van der Waals surface area contributed by atoms with E-state index in [-0.39, 0.29) is 12.4 Å². The molecule has 98 valence electrons. The summed E-state index contributed by atoms with van der Waals surface area (Å²) in [6, 6.07) is 2.14. The molecule has 0 bridgehead atoms. The Hall–Kier alpha value is -1.27. The first-order valence-electron chi connectivity index (χ1n) is 6.40. The van der Waals surface area contributed by atoms with Crippen molar-refractivity contribution in [1.29, 1.82) is 0 Å². The van der Waals surface area contributed by atoms with Crippen molar-refractivity contribution in [2.45, 2.75) is 45.4 Å². The summed E-state index contributed by atoms with van der Waals surface area (Å²) in [5.74, 6) is 5.66. The van der Waals surface area contributed by atoms with Gasteiger partial charge in [0.1, 0.15) is 6.42 Å². The first kappa shape index (κ1) is 14.8. The summed E-state index contributed by atoms with van der Waals surface area (Å²) in [5.41, 5.74) is 1.31. The van der Waals surface area contributed by atoms with Crippen LogP contribution < -0.4 is 0 Å². The number of esters is 1.